The van der Waals surface area contributed by atoms with Gasteiger partial charge in [-0.15, -0.1) is 0 Å². The SMILES string of the molecule is Cc1cccc(C(CNC2=NCCO2)c2ccccn2)c1C. The van der Waals surface area contributed by atoms with Crippen LogP contribution in [0, 0.1) is 13.8 Å². The highest BCUT2D eigenvalue weighted by Gasteiger charge is 2.19. The van der Waals surface area contributed by atoms with Crippen molar-refractivity contribution in [3.05, 3.63) is 65.0 Å². The summed E-state index contributed by atoms with van der Waals surface area (Å²) in [6, 6.07) is 13.1. The second-order valence-electron chi connectivity index (χ2n) is 5.51. The molecule has 2 aromatic rings. The number of amidine groups is 1. The number of nitrogens with zero attached hydrogens (tertiary/aromatic N) is 2. The van der Waals surface area contributed by atoms with Crippen LogP contribution in [0.2, 0.25) is 0 Å². The number of aryl methyl sites for hydroxylation is 1. The Bertz CT molecular complexity index is 667. The van der Waals surface area contributed by atoms with E-state index in [0.717, 1.165) is 18.8 Å². The van der Waals surface area contributed by atoms with Gasteiger partial charge in [-0.2, -0.15) is 0 Å². The highest BCUT2D eigenvalue weighted by atomic mass is 16.5. The van der Waals surface area contributed by atoms with Gasteiger partial charge in [0.15, 0.2) is 0 Å². The summed E-state index contributed by atoms with van der Waals surface area (Å²) in [5.41, 5.74) is 4.97. The number of ether oxygens (including phenoxy) is 1. The summed E-state index contributed by atoms with van der Waals surface area (Å²) in [5.74, 6) is 0.174. The van der Waals surface area contributed by atoms with E-state index in [0.29, 0.717) is 12.6 Å². The standard InChI is InChI=1S/C18H21N3O/c1-13-6-5-7-15(14(13)2)16(17-8-3-4-9-19-17)12-21-18-20-10-11-22-18/h3-9,16H,10-12H2,1-2H3,(H,20,21). The van der Waals surface area contributed by atoms with Crippen molar-refractivity contribution in [3.63, 3.8) is 0 Å². The zero-order valence-corrected chi connectivity index (χ0v) is 13.0. The molecule has 4 nitrogen and oxygen atoms in total. The van der Waals surface area contributed by atoms with Crippen LogP contribution in [-0.2, 0) is 4.74 Å². The quantitative estimate of drug-likeness (QED) is 0.943. The molecule has 1 aromatic heterocycles. The molecule has 0 spiro atoms. The molecule has 1 unspecified atom stereocenters. The van der Waals surface area contributed by atoms with Crippen molar-refractivity contribution < 1.29 is 4.74 Å². The van der Waals surface area contributed by atoms with Gasteiger partial charge in [-0.3, -0.25) is 4.98 Å². The number of nitrogens with one attached hydrogen (secondary N) is 1. The monoisotopic (exact) mass is 295 g/mol. The second kappa shape index (κ2) is 6.60. The third kappa shape index (κ3) is 3.11. The van der Waals surface area contributed by atoms with Gasteiger partial charge in [-0.1, -0.05) is 24.3 Å². The fraction of sp³-hybridized carbons (Fsp3) is 0.333. The molecule has 0 aliphatic carbocycles. The third-order valence-corrected chi connectivity index (χ3v) is 4.11. The molecule has 0 radical (unpaired) electrons. The summed E-state index contributed by atoms with van der Waals surface area (Å²) in [6.07, 6.45) is 1.84. The lowest BCUT2D eigenvalue weighted by Crippen LogP contribution is -2.29. The Morgan fingerprint density at radius 2 is 2.09 bits per heavy atom. The second-order valence-corrected chi connectivity index (χ2v) is 5.51. The van der Waals surface area contributed by atoms with Crippen LogP contribution in [0.1, 0.15) is 28.3 Å². The van der Waals surface area contributed by atoms with E-state index >= 15 is 0 Å². The molecule has 0 fully saturated rings. The number of benzene rings is 1. The summed E-state index contributed by atoms with van der Waals surface area (Å²) < 4.78 is 5.45. The van der Waals surface area contributed by atoms with E-state index in [-0.39, 0.29) is 5.92 Å². The highest BCUT2D eigenvalue weighted by molar-refractivity contribution is 5.74. The van der Waals surface area contributed by atoms with Crippen molar-refractivity contribution in [3.8, 4) is 0 Å². The van der Waals surface area contributed by atoms with Crippen LogP contribution < -0.4 is 5.32 Å². The Hall–Kier alpha value is -2.36. The molecule has 1 aliphatic heterocycles. The van der Waals surface area contributed by atoms with E-state index in [2.05, 4.69) is 53.4 Å². The largest absolute Gasteiger partial charge is 0.463 e. The lowest BCUT2D eigenvalue weighted by molar-refractivity contribution is 0.331. The fourth-order valence-corrected chi connectivity index (χ4v) is 2.74. The summed E-state index contributed by atoms with van der Waals surface area (Å²) in [6.45, 7) is 6.44. The van der Waals surface area contributed by atoms with Gasteiger partial charge >= 0.3 is 0 Å². The van der Waals surface area contributed by atoms with Gasteiger partial charge in [-0.25, -0.2) is 4.99 Å². The zero-order valence-electron chi connectivity index (χ0n) is 13.0. The first-order chi connectivity index (χ1) is 10.8. The van der Waals surface area contributed by atoms with Gasteiger partial charge in [0, 0.05) is 24.4 Å². The highest BCUT2D eigenvalue weighted by Crippen LogP contribution is 2.27. The van der Waals surface area contributed by atoms with E-state index < -0.39 is 0 Å². The van der Waals surface area contributed by atoms with Gasteiger partial charge in [0.1, 0.15) is 6.61 Å². The molecule has 0 saturated heterocycles. The Labute approximate surface area is 131 Å². The van der Waals surface area contributed by atoms with Crippen molar-refractivity contribution in [1.82, 2.24) is 10.3 Å². The van der Waals surface area contributed by atoms with E-state index in [4.69, 9.17) is 4.74 Å². The van der Waals surface area contributed by atoms with Crippen LogP contribution in [0.5, 0.6) is 0 Å². The van der Waals surface area contributed by atoms with Crippen molar-refractivity contribution in [2.45, 2.75) is 19.8 Å². The normalized spacial score (nSPS) is 15.1. The van der Waals surface area contributed by atoms with E-state index in [9.17, 15) is 0 Å². The molecule has 1 aromatic carbocycles. The van der Waals surface area contributed by atoms with Crippen molar-refractivity contribution in [1.29, 1.82) is 0 Å². The number of rotatable bonds is 4. The minimum absolute atomic E-state index is 0.174. The molecule has 22 heavy (non-hydrogen) atoms. The molecule has 2 heterocycles. The summed E-state index contributed by atoms with van der Waals surface area (Å²) >= 11 is 0. The lowest BCUT2D eigenvalue weighted by atomic mass is 9.89. The summed E-state index contributed by atoms with van der Waals surface area (Å²) in [7, 11) is 0. The van der Waals surface area contributed by atoms with Crippen LogP contribution in [0.15, 0.2) is 47.6 Å². The molecule has 1 aliphatic rings. The maximum absolute atomic E-state index is 5.45. The number of hydrogen-bond acceptors (Lipinski definition) is 4. The van der Waals surface area contributed by atoms with Crippen molar-refractivity contribution >= 4 is 6.02 Å². The van der Waals surface area contributed by atoms with Crippen molar-refractivity contribution in [2.75, 3.05) is 19.7 Å². The summed E-state index contributed by atoms with van der Waals surface area (Å²) in [5, 5.41) is 3.31. The van der Waals surface area contributed by atoms with Gasteiger partial charge in [0.25, 0.3) is 6.02 Å². The first kappa shape index (κ1) is 14.6. The molecule has 1 N–H and O–H groups in total. The van der Waals surface area contributed by atoms with E-state index in [1.165, 1.54) is 16.7 Å². The molecular weight excluding hydrogens is 274 g/mol. The molecule has 0 bridgehead atoms. The maximum atomic E-state index is 5.45. The number of pyridine rings is 1. The first-order valence-electron chi connectivity index (χ1n) is 7.64. The zero-order chi connectivity index (χ0) is 15.4. The minimum Gasteiger partial charge on any atom is -0.463 e. The van der Waals surface area contributed by atoms with E-state index in [1.54, 1.807) is 0 Å². The van der Waals surface area contributed by atoms with Crippen LogP contribution in [-0.4, -0.2) is 30.7 Å². The molecular formula is C18H21N3O. The Morgan fingerprint density at radius 1 is 1.18 bits per heavy atom. The van der Waals surface area contributed by atoms with Crippen molar-refractivity contribution in [2.24, 2.45) is 4.99 Å². The smallest absolute Gasteiger partial charge is 0.284 e. The Balaban J connectivity index is 1.90. The van der Waals surface area contributed by atoms with Crippen LogP contribution >= 0.6 is 0 Å². The molecule has 3 rings (SSSR count). The van der Waals surface area contributed by atoms with E-state index in [1.807, 2.05) is 18.3 Å². The van der Waals surface area contributed by atoms with Gasteiger partial charge in [-0.05, 0) is 42.7 Å². The Kier molecular flexibility index (Phi) is 4.37. The first-order valence-corrected chi connectivity index (χ1v) is 7.64. The average Bonchev–Trinajstić information content (AvgIpc) is 3.06. The van der Waals surface area contributed by atoms with Gasteiger partial charge < -0.3 is 10.1 Å². The molecule has 0 amide bonds. The van der Waals surface area contributed by atoms with Gasteiger partial charge in [0.2, 0.25) is 0 Å². The molecule has 114 valence electrons. The number of hydrogen-bond donors (Lipinski definition) is 1. The van der Waals surface area contributed by atoms with Crippen LogP contribution in [0.25, 0.3) is 0 Å². The molecule has 0 saturated carbocycles. The lowest BCUT2D eigenvalue weighted by Gasteiger charge is -2.21. The fourth-order valence-electron chi connectivity index (χ4n) is 2.74. The Morgan fingerprint density at radius 3 is 2.82 bits per heavy atom. The summed E-state index contributed by atoms with van der Waals surface area (Å²) in [4.78, 5) is 8.85. The van der Waals surface area contributed by atoms with Crippen LogP contribution in [0.4, 0.5) is 0 Å². The molecule has 4 heteroatoms. The minimum atomic E-state index is 0.174. The number of aliphatic imine (C=N–C) groups is 1. The van der Waals surface area contributed by atoms with Crippen LogP contribution in [0.3, 0.4) is 0 Å². The topological polar surface area (TPSA) is 46.5 Å². The van der Waals surface area contributed by atoms with Gasteiger partial charge in [0.05, 0.1) is 6.54 Å². The number of aromatic nitrogens is 1. The predicted octanol–water partition coefficient (Wildman–Crippen LogP) is 2.81. The average molecular weight is 295 g/mol. The predicted molar refractivity (Wildman–Crippen MR) is 88.3 cm³/mol. The molecule has 1 atom stereocenters. The maximum Gasteiger partial charge on any atom is 0.284 e. The third-order valence-electron chi connectivity index (χ3n) is 4.11.